The Hall–Kier alpha value is -2.96. The van der Waals surface area contributed by atoms with Gasteiger partial charge in [-0.2, -0.15) is 0 Å². The molecule has 2 rings (SSSR count). The fourth-order valence-electron chi connectivity index (χ4n) is 1.46. The van der Waals surface area contributed by atoms with E-state index in [1.165, 1.54) is 24.4 Å². The number of non-ortho nitro benzene ring substituents is 1. The summed E-state index contributed by atoms with van der Waals surface area (Å²) in [5.41, 5.74) is 5.49. The lowest BCUT2D eigenvalue weighted by Gasteiger charge is -2.08. The second kappa shape index (κ2) is 5.13. The van der Waals surface area contributed by atoms with Gasteiger partial charge in [-0.05, 0) is 18.2 Å². The molecule has 0 spiro atoms. The molecular formula is C12H10N4O3. The molecule has 7 nitrogen and oxygen atoms in total. The van der Waals surface area contributed by atoms with E-state index in [2.05, 4.69) is 4.98 Å². The molecule has 1 aromatic carbocycles. The van der Waals surface area contributed by atoms with E-state index in [1.54, 1.807) is 18.2 Å². The minimum atomic E-state index is -0.512. The smallest absolute Gasteiger partial charge is 0.273 e. The molecule has 0 saturated heterocycles. The van der Waals surface area contributed by atoms with E-state index in [0.29, 0.717) is 0 Å². The maximum absolute atomic E-state index is 10.7. The van der Waals surface area contributed by atoms with E-state index in [0.717, 1.165) is 0 Å². The molecule has 1 aromatic heterocycles. The molecule has 0 unspecified atom stereocenters. The number of nitrogen functional groups attached to an aromatic ring is 1. The standard InChI is InChI=1S/C12H10N4O3/c13-12(14)11-10(5-2-6-15-11)19-9-4-1-3-8(7-9)16(17)18/h1-7H,(H3,13,14). The monoisotopic (exact) mass is 258 g/mol. The summed E-state index contributed by atoms with van der Waals surface area (Å²) in [6.45, 7) is 0. The highest BCUT2D eigenvalue weighted by molar-refractivity contribution is 5.95. The number of ether oxygens (including phenoxy) is 1. The van der Waals surface area contributed by atoms with Crippen LogP contribution >= 0.6 is 0 Å². The van der Waals surface area contributed by atoms with E-state index in [1.807, 2.05) is 0 Å². The number of hydrogen-bond acceptors (Lipinski definition) is 5. The van der Waals surface area contributed by atoms with Crippen LogP contribution in [-0.4, -0.2) is 15.7 Å². The molecule has 7 heteroatoms. The Morgan fingerprint density at radius 3 is 2.84 bits per heavy atom. The Bertz CT molecular complexity index is 642. The number of nitrogens with one attached hydrogen (secondary N) is 1. The van der Waals surface area contributed by atoms with Crippen LogP contribution in [0.4, 0.5) is 5.69 Å². The SMILES string of the molecule is N=C(N)c1ncccc1Oc1cccc([N+](=O)[O-])c1. The number of nitrogens with zero attached hydrogens (tertiary/aromatic N) is 2. The lowest BCUT2D eigenvalue weighted by Crippen LogP contribution is -2.14. The van der Waals surface area contributed by atoms with Gasteiger partial charge in [0.2, 0.25) is 0 Å². The van der Waals surface area contributed by atoms with Gasteiger partial charge in [-0.15, -0.1) is 0 Å². The van der Waals surface area contributed by atoms with E-state index in [-0.39, 0.29) is 28.7 Å². The number of amidine groups is 1. The normalized spacial score (nSPS) is 9.89. The Kier molecular flexibility index (Phi) is 3.37. The lowest BCUT2D eigenvalue weighted by atomic mass is 10.3. The van der Waals surface area contributed by atoms with Crippen molar-refractivity contribution in [3.05, 3.63) is 58.4 Å². The van der Waals surface area contributed by atoms with E-state index in [9.17, 15) is 10.1 Å². The largest absolute Gasteiger partial charge is 0.455 e. The van der Waals surface area contributed by atoms with Crippen LogP contribution in [-0.2, 0) is 0 Å². The van der Waals surface area contributed by atoms with Crippen molar-refractivity contribution < 1.29 is 9.66 Å². The second-order valence-electron chi connectivity index (χ2n) is 3.62. The molecule has 1 heterocycles. The second-order valence-corrected chi connectivity index (χ2v) is 3.62. The molecule has 0 aliphatic heterocycles. The summed E-state index contributed by atoms with van der Waals surface area (Å²) in [6.07, 6.45) is 1.48. The van der Waals surface area contributed by atoms with Gasteiger partial charge in [0, 0.05) is 12.3 Å². The number of rotatable bonds is 4. The summed E-state index contributed by atoms with van der Waals surface area (Å²) in [7, 11) is 0. The first-order chi connectivity index (χ1) is 9.08. The molecule has 0 atom stereocenters. The first-order valence-corrected chi connectivity index (χ1v) is 5.29. The summed E-state index contributed by atoms with van der Waals surface area (Å²) in [5, 5.41) is 18.0. The van der Waals surface area contributed by atoms with Gasteiger partial charge in [-0.25, -0.2) is 4.98 Å². The van der Waals surface area contributed by atoms with E-state index in [4.69, 9.17) is 15.9 Å². The van der Waals surface area contributed by atoms with E-state index < -0.39 is 4.92 Å². The van der Waals surface area contributed by atoms with Gasteiger partial charge in [0.1, 0.15) is 17.3 Å². The third-order valence-corrected chi connectivity index (χ3v) is 2.28. The minimum Gasteiger partial charge on any atom is -0.455 e. The zero-order valence-corrected chi connectivity index (χ0v) is 9.74. The molecule has 0 amide bonds. The van der Waals surface area contributed by atoms with Gasteiger partial charge in [0.25, 0.3) is 5.69 Å². The minimum absolute atomic E-state index is 0.0780. The number of nitro groups is 1. The Balaban J connectivity index is 2.34. The molecule has 0 bridgehead atoms. The number of benzene rings is 1. The quantitative estimate of drug-likeness (QED) is 0.377. The van der Waals surface area contributed by atoms with Crippen LogP contribution in [0.1, 0.15) is 5.69 Å². The summed E-state index contributed by atoms with van der Waals surface area (Å²) in [5.74, 6) is 0.321. The maximum Gasteiger partial charge on any atom is 0.273 e. The maximum atomic E-state index is 10.7. The molecule has 0 aliphatic carbocycles. The molecule has 0 aliphatic rings. The fourth-order valence-corrected chi connectivity index (χ4v) is 1.46. The van der Waals surface area contributed by atoms with Crippen LogP contribution in [0.5, 0.6) is 11.5 Å². The van der Waals surface area contributed by atoms with Crippen molar-refractivity contribution in [1.29, 1.82) is 5.41 Å². The highest BCUT2D eigenvalue weighted by atomic mass is 16.6. The molecule has 2 aromatic rings. The Morgan fingerprint density at radius 1 is 1.37 bits per heavy atom. The van der Waals surface area contributed by atoms with Gasteiger partial charge < -0.3 is 10.5 Å². The molecule has 19 heavy (non-hydrogen) atoms. The van der Waals surface area contributed by atoms with Crippen LogP contribution in [0.2, 0.25) is 0 Å². The van der Waals surface area contributed by atoms with Crippen molar-refractivity contribution in [3.8, 4) is 11.5 Å². The van der Waals surface area contributed by atoms with Crippen molar-refractivity contribution in [2.45, 2.75) is 0 Å². The predicted octanol–water partition coefficient (Wildman–Crippen LogP) is 2.07. The van der Waals surface area contributed by atoms with Crippen molar-refractivity contribution in [3.63, 3.8) is 0 Å². The first kappa shape index (κ1) is 12.5. The number of aromatic nitrogens is 1. The number of nitro benzene ring substituents is 1. The van der Waals surface area contributed by atoms with Crippen LogP contribution < -0.4 is 10.5 Å². The molecule has 0 saturated carbocycles. The zero-order chi connectivity index (χ0) is 13.8. The molecule has 3 N–H and O–H groups in total. The van der Waals surface area contributed by atoms with Gasteiger partial charge in [-0.3, -0.25) is 15.5 Å². The number of hydrogen-bond donors (Lipinski definition) is 2. The van der Waals surface area contributed by atoms with Crippen molar-refractivity contribution in [2.24, 2.45) is 5.73 Å². The Morgan fingerprint density at radius 2 is 2.16 bits per heavy atom. The summed E-state index contributed by atoms with van der Waals surface area (Å²) in [6, 6.07) is 8.95. The lowest BCUT2D eigenvalue weighted by molar-refractivity contribution is -0.384. The van der Waals surface area contributed by atoms with Crippen molar-refractivity contribution >= 4 is 11.5 Å². The summed E-state index contributed by atoms with van der Waals surface area (Å²) in [4.78, 5) is 14.1. The van der Waals surface area contributed by atoms with Gasteiger partial charge in [-0.1, -0.05) is 6.07 Å². The molecule has 0 fully saturated rings. The molecule has 96 valence electrons. The average molecular weight is 258 g/mol. The van der Waals surface area contributed by atoms with Crippen LogP contribution in [0.3, 0.4) is 0 Å². The summed E-state index contributed by atoms with van der Waals surface area (Å²) < 4.78 is 5.47. The first-order valence-electron chi connectivity index (χ1n) is 5.29. The third kappa shape index (κ3) is 2.83. The van der Waals surface area contributed by atoms with Gasteiger partial charge in [0.05, 0.1) is 11.0 Å². The number of nitrogens with two attached hydrogens (primary N) is 1. The van der Waals surface area contributed by atoms with E-state index >= 15 is 0 Å². The molecule has 0 radical (unpaired) electrons. The van der Waals surface area contributed by atoms with Crippen LogP contribution in [0, 0.1) is 15.5 Å². The topological polar surface area (TPSA) is 115 Å². The Labute approximate surface area is 108 Å². The van der Waals surface area contributed by atoms with Crippen molar-refractivity contribution in [2.75, 3.05) is 0 Å². The summed E-state index contributed by atoms with van der Waals surface area (Å²) >= 11 is 0. The predicted molar refractivity (Wildman–Crippen MR) is 68.4 cm³/mol. The van der Waals surface area contributed by atoms with Gasteiger partial charge >= 0.3 is 0 Å². The third-order valence-electron chi connectivity index (χ3n) is 2.28. The van der Waals surface area contributed by atoms with Crippen LogP contribution in [0.25, 0.3) is 0 Å². The average Bonchev–Trinajstić information content (AvgIpc) is 2.39. The number of pyridine rings is 1. The highest BCUT2D eigenvalue weighted by Crippen LogP contribution is 2.26. The van der Waals surface area contributed by atoms with Gasteiger partial charge in [0.15, 0.2) is 5.75 Å². The van der Waals surface area contributed by atoms with Crippen molar-refractivity contribution in [1.82, 2.24) is 4.98 Å². The molecular weight excluding hydrogens is 248 g/mol. The van der Waals surface area contributed by atoms with Crippen LogP contribution in [0.15, 0.2) is 42.6 Å². The zero-order valence-electron chi connectivity index (χ0n) is 9.74. The fraction of sp³-hybridized carbons (Fsp3) is 0. The highest BCUT2D eigenvalue weighted by Gasteiger charge is 2.11.